The Morgan fingerprint density at radius 3 is 1.92 bits per heavy atom. The molecule has 0 aliphatic heterocycles. The molecule has 2 aliphatic carbocycles. The zero-order valence-corrected chi connectivity index (χ0v) is 15.8. The summed E-state index contributed by atoms with van der Waals surface area (Å²) in [6, 6.07) is 8.90. The van der Waals surface area contributed by atoms with E-state index in [2.05, 4.69) is 31.2 Å². The number of benzene rings is 1. The SMILES string of the molecule is CCC[C@H]1CC[C@H]([C@H]2CC[C@H](c3ccc(OCC)cc3)CC2)CC1. The lowest BCUT2D eigenvalue weighted by atomic mass is 9.68. The second-order valence-corrected chi connectivity index (χ2v) is 8.18. The second kappa shape index (κ2) is 8.92. The van der Waals surface area contributed by atoms with Crippen molar-refractivity contribution in [3.05, 3.63) is 29.8 Å². The molecular weight excluding hydrogens is 292 g/mol. The molecule has 1 aromatic carbocycles. The molecule has 0 saturated heterocycles. The summed E-state index contributed by atoms with van der Waals surface area (Å²) in [6.45, 7) is 5.14. The number of hydrogen-bond acceptors (Lipinski definition) is 1. The molecular formula is C23H36O. The summed E-state index contributed by atoms with van der Waals surface area (Å²) in [5.41, 5.74) is 1.53. The van der Waals surface area contributed by atoms with E-state index in [0.29, 0.717) is 0 Å². The van der Waals surface area contributed by atoms with Crippen LogP contribution in [0.2, 0.25) is 0 Å². The van der Waals surface area contributed by atoms with E-state index in [1.807, 2.05) is 6.92 Å². The molecule has 24 heavy (non-hydrogen) atoms. The largest absolute Gasteiger partial charge is 0.494 e. The fourth-order valence-electron chi connectivity index (χ4n) is 5.28. The van der Waals surface area contributed by atoms with E-state index >= 15 is 0 Å². The molecule has 0 N–H and O–H groups in total. The molecule has 0 spiro atoms. The van der Waals surface area contributed by atoms with Crippen LogP contribution >= 0.6 is 0 Å². The standard InChI is InChI=1S/C23H36O/c1-3-5-18-6-8-19(9-7-18)20-10-12-21(13-11-20)22-14-16-23(17-15-22)24-4-2/h14-21H,3-13H2,1-2H3/t18-,19-,20-,21-. The van der Waals surface area contributed by atoms with E-state index in [-0.39, 0.29) is 0 Å². The predicted octanol–water partition coefficient (Wildman–Crippen LogP) is 6.97. The Morgan fingerprint density at radius 1 is 0.792 bits per heavy atom. The Morgan fingerprint density at radius 2 is 1.38 bits per heavy atom. The molecule has 0 amide bonds. The van der Waals surface area contributed by atoms with E-state index in [1.54, 1.807) is 0 Å². The predicted molar refractivity (Wildman–Crippen MR) is 103 cm³/mol. The van der Waals surface area contributed by atoms with Crippen molar-refractivity contribution in [1.82, 2.24) is 0 Å². The van der Waals surface area contributed by atoms with Gasteiger partial charge in [-0.15, -0.1) is 0 Å². The minimum absolute atomic E-state index is 0.755. The average molecular weight is 329 g/mol. The van der Waals surface area contributed by atoms with E-state index < -0.39 is 0 Å². The zero-order valence-electron chi connectivity index (χ0n) is 15.8. The summed E-state index contributed by atoms with van der Waals surface area (Å²) >= 11 is 0. The number of ether oxygens (including phenoxy) is 1. The van der Waals surface area contributed by atoms with Crippen LogP contribution in [0.3, 0.4) is 0 Å². The third kappa shape index (κ3) is 4.55. The molecule has 0 atom stereocenters. The molecule has 2 fully saturated rings. The van der Waals surface area contributed by atoms with Crippen LogP contribution in [0, 0.1) is 17.8 Å². The van der Waals surface area contributed by atoms with Gasteiger partial charge in [-0.3, -0.25) is 0 Å². The lowest BCUT2D eigenvalue weighted by Crippen LogP contribution is -2.25. The highest BCUT2D eigenvalue weighted by Crippen LogP contribution is 2.44. The lowest BCUT2D eigenvalue weighted by Gasteiger charge is -2.38. The summed E-state index contributed by atoms with van der Waals surface area (Å²) in [5, 5.41) is 0. The highest BCUT2D eigenvalue weighted by molar-refractivity contribution is 5.29. The normalized spacial score (nSPS) is 30.9. The van der Waals surface area contributed by atoms with Crippen molar-refractivity contribution in [3.63, 3.8) is 0 Å². The summed E-state index contributed by atoms with van der Waals surface area (Å²) in [6.07, 6.45) is 14.6. The van der Waals surface area contributed by atoms with Crippen molar-refractivity contribution in [3.8, 4) is 5.75 Å². The van der Waals surface area contributed by atoms with Crippen molar-refractivity contribution in [1.29, 1.82) is 0 Å². The summed E-state index contributed by atoms with van der Waals surface area (Å²) < 4.78 is 5.57. The quantitative estimate of drug-likeness (QED) is 0.548. The van der Waals surface area contributed by atoms with Gasteiger partial charge in [-0.05, 0) is 86.8 Å². The van der Waals surface area contributed by atoms with E-state index in [1.165, 1.54) is 69.8 Å². The summed E-state index contributed by atoms with van der Waals surface area (Å²) in [5.74, 6) is 4.91. The van der Waals surface area contributed by atoms with Gasteiger partial charge in [0.2, 0.25) is 0 Å². The first-order chi connectivity index (χ1) is 11.8. The first kappa shape index (κ1) is 17.8. The van der Waals surface area contributed by atoms with Crippen LogP contribution in [0.5, 0.6) is 5.75 Å². The van der Waals surface area contributed by atoms with Gasteiger partial charge in [0.15, 0.2) is 0 Å². The zero-order chi connectivity index (χ0) is 16.8. The molecule has 0 unspecified atom stereocenters. The highest BCUT2D eigenvalue weighted by atomic mass is 16.5. The van der Waals surface area contributed by atoms with Gasteiger partial charge in [0.1, 0.15) is 5.75 Å². The van der Waals surface area contributed by atoms with Gasteiger partial charge < -0.3 is 4.74 Å². The molecule has 2 saturated carbocycles. The number of rotatable bonds is 6. The third-order valence-electron chi connectivity index (χ3n) is 6.69. The van der Waals surface area contributed by atoms with Crippen LogP contribution in [0.15, 0.2) is 24.3 Å². The van der Waals surface area contributed by atoms with Gasteiger partial charge >= 0.3 is 0 Å². The van der Waals surface area contributed by atoms with Crippen LogP contribution in [-0.2, 0) is 0 Å². The van der Waals surface area contributed by atoms with Crippen molar-refractivity contribution < 1.29 is 4.74 Å². The molecule has 1 heteroatoms. The van der Waals surface area contributed by atoms with Crippen molar-refractivity contribution in [2.45, 2.75) is 84.0 Å². The Labute approximate surface area is 149 Å². The van der Waals surface area contributed by atoms with Gasteiger partial charge in [0.05, 0.1) is 6.61 Å². The fraction of sp³-hybridized carbons (Fsp3) is 0.739. The first-order valence-corrected chi connectivity index (χ1v) is 10.5. The van der Waals surface area contributed by atoms with E-state index in [0.717, 1.165) is 36.0 Å². The average Bonchev–Trinajstić information content (AvgIpc) is 2.64. The Kier molecular flexibility index (Phi) is 6.63. The Hall–Kier alpha value is -0.980. The van der Waals surface area contributed by atoms with Crippen LogP contribution in [0.1, 0.15) is 89.5 Å². The molecule has 0 heterocycles. The van der Waals surface area contributed by atoms with Crippen LogP contribution in [0.25, 0.3) is 0 Å². The molecule has 134 valence electrons. The first-order valence-electron chi connectivity index (χ1n) is 10.5. The Balaban J connectivity index is 1.45. The van der Waals surface area contributed by atoms with Crippen LogP contribution < -0.4 is 4.74 Å². The van der Waals surface area contributed by atoms with Gasteiger partial charge in [-0.25, -0.2) is 0 Å². The fourth-order valence-corrected chi connectivity index (χ4v) is 5.28. The molecule has 2 aliphatic rings. The molecule has 0 bridgehead atoms. The topological polar surface area (TPSA) is 9.23 Å². The lowest BCUT2D eigenvalue weighted by molar-refractivity contribution is 0.156. The van der Waals surface area contributed by atoms with Crippen molar-refractivity contribution in [2.24, 2.45) is 17.8 Å². The second-order valence-electron chi connectivity index (χ2n) is 8.18. The minimum atomic E-state index is 0.755. The van der Waals surface area contributed by atoms with Gasteiger partial charge in [-0.1, -0.05) is 44.7 Å². The molecule has 0 aromatic heterocycles. The highest BCUT2D eigenvalue weighted by Gasteiger charge is 2.31. The smallest absolute Gasteiger partial charge is 0.119 e. The molecule has 1 nitrogen and oxygen atoms in total. The van der Waals surface area contributed by atoms with Crippen molar-refractivity contribution >= 4 is 0 Å². The van der Waals surface area contributed by atoms with E-state index in [9.17, 15) is 0 Å². The van der Waals surface area contributed by atoms with Gasteiger partial charge in [-0.2, -0.15) is 0 Å². The summed E-state index contributed by atoms with van der Waals surface area (Å²) in [4.78, 5) is 0. The molecule has 3 rings (SSSR count). The van der Waals surface area contributed by atoms with Crippen LogP contribution in [-0.4, -0.2) is 6.61 Å². The van der Waals surface area contributed by atoms with Crippen molar-refractivity contribution in [2.75, 3.05) is 6.61 Å². The molecule has 1 aromatic rings. The maximum absolute atomic E-state index is 5.57. The number of hydrogen-bond donors (Lipinski definition) is 0. The third-order valence-corrected chi connectivity index (χ3v) is 6.69. The monoisotopic (exact) mass is 328 g/mol. The van der Waals surface area contributed by atoms with Gasteiger partial charge in [0.25, 0.3) is 0 Å². The van der Waals surface area contributed by atoms with Gasteiger partial charge in [0, 0.05) is 0 Å². The minimum Gasteiger partial charge on any atom is -0.494 e. The maximum Gasteiger partial charge on any atom is 0.119 e. The Bertz CT molecular complexity index is 461. The van der Waals surface area contributed by atoms with E-state index in [4.69, 9.17) is 4.74 Å². The summed E-state index contributed by atoms with van der Waals surface area (Å²) in [7, 11) is 0. The molecule has 0 radical (unpaired) electrons. The van der Waals surface area contributed by atoms with Crippen LogP contribution in [0.4, 0.5) is 0 Å². The maximum atomic E-state index is 5.57.